The Morgan fingerprint density at radius 2 is 1.74 bits per heavy atom. The van der Waals surface area contributed by atoms with Crippen LogP contribution in [0.1, 0.15) is 25.0 Å². The molecule has 1 aliphatic rings. The Morgan fingerprint density at radius 1 is 1.09 bits per heavy atom. The molecule has 0 fully saturated rings. The Balaban J connectivity index is 1.84. The number of nitrogens with one attached hydrogen (secondary N) is 1. The molecule has 35 heavy (non-hydrogen) atoms. The number of hydrogen-bond acceptors (Lipinski definition) is 6. The fourth-order valence-electron chi connectivity index (χ4n) is 3.71. The number of hydrogen-bond donors (Lipinski definition) is 2. The lowest BCUT2D eigenvalue weighted by Gasteiger charge is -2.34. The maximum absolute atomic E-state index is 13.3. The van der Waals surface area contributed by atoms with E-state index in [1.807, 2.05) is 19.3 Å². The number of methoxy groups -OCH3 is 1. The van der Waals surface area contributed by atoms with Crippen molar-refractivity contribution >= 4 is 41.0 Å². The second-order valence-corrected chi connectivity index (χ2v) is 9.45. The summed E-state index contributed by atoms with van der Waals surface area (Å²) in [4.78, 5) is 51.4. The van der Waals surface area contributed by atoms with E-state index in [-0.39, 0.29) is 30.0 Å². The predicted octanol–water partition coefficient (Wildman–Crippen LogP) is 2.97. The number of thioether (sulfide) groups is 1. The van der Waals surface area contributed by atoms with Crippen molar-refractivity contribution in [2.45, 2.75) is 31.6 Å². The van der Waals surface area contributed by atoms with E-state index in [1.165, 1.54) is 16.7 Å². The number of amides is 2. The van der Waals surface area contributed by atoms with Gasteiger partial charge in [0.05, 0.1) is 18.1 Å². The highest BCUT2D eigenvalue weighted by molar-refractivity contribution is 8.03. The first-order valence-electron chi connectivity index (χ1n) is 11.1. The smallest absolute Gasteiger partial charge is 0.374 e. The van der Waals surface area contributed by atoms with Gasteiger partial charge in [0.1, 0.15) is 18.3 Å². The number of rotatable bonds is 10. The monoisotopic (exact) mass is 496 g/mol. The van der Waals surface area contributed by atoms with Crippen molar-refractivity contribution in [3.05, 3.63) is 71.1 Å². The number of Topliss-reactive ketones (excluding diaryl/α,β-unsaturated/α-hetero) is 1. The largest absolute Gasteiger partial charge is 0.497 e. The predicted molar refractivity (Wildman–Crippen MR) is 134 cm³/mol. The maximum Gasteiger partial charge on any atom is 0.374 e. The molecule has 0 saturated heterocycles. The molecule has 0 spiro atoms. The molecule has 184 valence electrons. The molecular weight excluding hydrogens is 468 g/mol. The number of benzene rings is 2. The van der Waals surface area contributed by atoms with Crippen LogP contribution in [-0.2, 0) is 25.6 Å². The van der Waals surface area contributed by atoms with E-state index in [9.17, 15) is 24.3 Å². The fraction of sp³-hybridized carbons (Fsp3) is 0.308. The van der Waals surface area contributed by atoms with Crippen molar-refractivity contribution in [3.8, 4) is 5.75 Å². The number of ketones is 1. The lowest BCUT2D eigenvalue weighted by atomic mass is 10.0. The van der Waals surface area contributed by atoms with E-state index in [1.54, 1.807) is 61.7 Å². The molecule has 2 N–H and O–H groups in total. The average Bonchev–Trinajstić information content (AvgIpc) is 2.84. The minimum Gasteiger partial charge on any atom is -0.497 e. The standard InChI is InChI=1S/C26H28N2O6S/c1-16(2)24-25(31)28(21(15-35-24)18-9-11-19(34-3)12-10-18)14-22(29)27-20(23(30)26(32)33)13-17-7-5-4-6-8-17/h4-12,15-16,20,24H,13-14H2,1-3H3,(H,27,29)(H,32,33)/t20-,24-/m0/s1. The molecule has 2 atom stereocenters. The number of ether oxygens (including phenoxy) is 1. The number of carboxylic acid groups (broad SMARTS) is 1. The number of carboxylic acids is 1. The van der Waals surface area contributed by atoms with Gasteiger partial charge in [-0.3, -0.25) is 14.4 Å². The minimum absolute atomic E-state index is 0.0251. The number of carbonyl (C=O) groups is 4. The first-order valence-corrected chi connectivity index (χ1v) is 12.1. The number of aliphatic carboxylic acids is 1. The average molecular weight is 497 g/mol. The lowest BCUT2D eigenvalue weighted by molar-refractivity contribution is -0.150. The lowest BCUT2D eigenvalue weighted by Crippen LogP contribution is -2.51. The van der Waals surface area contributed by atoms with E-state index in [2.05, 4.69) is 5.32 Å². The van der Waals surface area contributed by atoms with Crippen LogP contribution in [0.3, 0.4) is 0 Å². The zero-order valence-corrected chi connectivity index (χ0v) is 20.6. The number of carbonyl (C=O) groups excluding carboxylic acids is 3. The first kappa shape index (κ1) is 26.0. The van der Waals surface area contributed by atoms with Crippen molar-refractivity contribution < 1.29 is 29.0 Å². The van der Waals surface area contributed by atoms with Gasteiger partial charge in [-0.05, 0) is 46.7 Å². The summed E-state index contributed by atoms with van der Waals surface area (Å²) in [7, 11) is 1.56. The summed E-state index contributed by atoms with van der Waals surface area (Å²) in [5.74, 6) is -2.90. The number of nitrogens with zero attached hydrogens (tertiary/aromatic N) is 1. The molecule has 2 aromatic carbocycles. The molecule has 8 nitrogen and oxygen atoms in total. The van der Waals surface area contributed by atoms with Gasteiger partial charge in [0.2, 0.25) is 11.8 Å². The molecule has 2 aromatic rings. The van der Waals surface area contributed by atoms with E-state index < -0.39 is 23.7 Å². The Kier molecular flexibility index (Phi) is 8.70. The maximum atomic E-state index is 13.3. The van der Waals surface area contributed by atoms with E-state index in [0.717, 1.165) is 5.56 Å². The van der Waals surface area contributed by atoms with E-state index >= 15 is 0 Å². The van der Waals surface area contributed by atoms with Crippen molar-refractivity contribution in [1.82, 2.24) is 10.2 Å². The van der Waals surface area contributed by atoms with Crippen LogP contribution in [0.15, 0.2) is 60.0 Å². The third kappa shape index (κ3) is 6.51. The van der Waals surface area contributed by atoms with Gasteiger partial charge < -0.3 is 20.1 Å². The minimum atomic E-state index is -1.63. The summed E-state index contributed by atoms with van der Waals surface area (Å²) in [5, 5.41) is 13.3. The first-order chi connectivity index (χ1) is 16.7. The van der Waals surface area contributed by atoms with Crippen LogP contribution in [0.25, 0.3) is 5.70 Å². The van der Waals surface area contributed by atoms with Gasteiger partial charge >= 0.3 is 5.97 Å². The second kappa shape index (κ2) is 11.7. The summed E-state index contributed by atoms with van der Waals surface area (Å²) in [6.45, 7) is 3.52. The Morgan fingerprint density at radius 3 is 2.31 bits per heavy atom. The Hall–Kier alpha value is -3.59. The molecule has 1 heterocycles. The van der Waals surface area contributed by atoms with Crippen LogP contribution in [0.4, 0.5) is 0 Å². The fourth-order valence-corrected chi connectivity index (χ4v) is 4.81. The summed E-state index contributed by atoms with van der Waals surface area (Å²) in [6, 6.07) is 14.7. The molecule has 0 bridgehead atoms. The van der Waals surface area contributed by atoms with Gasteiger partial charge in [-0.25, -0.2) is 4.79 Å². The highest BCUT2D eigenvalue weighted by Crippen LogP contribution is 2.35. The molecule has 0 unspecified atom stereocenters. The second-order valence-electron chi connectivity index (χ2n) is 8.44. The van der Waals surface area contributed by atoms with Crippen molar-refractivity contribution in [3.63, 3.8) is 0 Å². The summed E-state index contributed by atoms with van der Waals surface area (Å²) < 4.78 is 5.20. The van der Waals surface area contributed by atoms with Gasteiger partial charge in [-0.15, -0.1) is 11.8 Å². The quantitative estimate of drug-likeness (QED) is 0.486. The molecule has 0 aromatic heterocycles. The Labute approximate surface area is 208 Å². The molecular formula is C26H28N2O6S. The van der Waals surface area contributed by atoms with Crippen molar-refractivity contribution in [2.24, 2.45) is 5.92 Å². The molecule has 0 aliphatic carbocycles. The van der Waals surface area contributed by atoms with E-state index in [4.69, 9.17) is 4.74 Å². The molecule has 1 aliphatic heterocycles. The van der Waals surface area contributed by atoms with Crippen molar-refractivity contribution in [1.29, 1.82) is 0 Å². The van der Waals surface area contributed by atoms with Gasteiger partial charge in [0.25, 0.3) is 5.78 Å². The Bertz CT molecular complexity index is 1110. The summed E-state index contributed by atoms with van der Waals surface area (Å²) >= 11 is 1.40. The topological polar surface area (TPSA) is 113 Å². The normalized spacial score (nSPS) is 16.5. The van der Waals surface area contributed by atoms with Crippen LogP contribution < -0.4 is 10.1 Å². The highest BCUT2D eigenvalue weighted by Gasteiger charge is 2.35. The summed E-state index contributed by atoms with van der Waals surface area (Å²) in [6.07, 6.45) is 0.0251. The zero-order chi connectivity index (χ0) is 25.5. The third-order valence-corrected chi connectivity index (χ3v) is 6.96. The van der Waals surface area contributed by atoms with E-state index in [0.29, 0.717) is 17.0 Å². The molecule has 0 radical (unpaired) electrons. The van der Waals surface area contributed by atoms with Gasteiger partial charge in [-0.1, -0.05) is 44.2 Å². The molecule has 0 saturated carbocycles. The molecule has 2 amide bonds. The van der Waals surface area contributed by atoms with Crippen LogP contribution in [0, 0.1) is 5.92 Å². The molecule has 3 rings (SSSR count). The highest BCUT2D eigenvalue weighted by atomic mass is 32.2. The van der Waals surface area contributed by atoms with Crippen LogP contribution >= 0.6 is 11.8 Å². The van der Waals surface area contributed by atoms with Crippen molar-refractivity contribution in [2.75, 3.05) is 13.7 Å². The van der Waals surface area contributed by atoms with Crippen LogP contribution in [-0.4, -0.2) is 58.5 Å². The van der Waals surface area contributed by atoms with Gasteiger partial charge in [-0.2, -0.15) is 0 Å². The van der Waals surface area contributed by atoms with Crippen LogP contribution in [0.5, 0.6) is 5.75 Å². The molecule has 9 heteroatoms. The summed E-state index contributed by atoms with van der Waals surface area (Å²) in [5.41, 5.74) is 1.99. The van der Waals surface area contributed by atoms with Gasteiger partial charge in [0.15, 0.2) is 0 Å². The van der Waals surface area contributed by atoms with Crippen LogP contribution in [0.2, 0.25) is 0 Å². The van der Waals surface area contributed by atoms with Gasteiger partial charge in [0, 0.05) is 6.42 Å². The SMILES string of the molecule is COc1ccc(C2=CS[C@@H](C(C)C)C(=O)N2CC(=O)N[C@@H](Cc2ccccc2)C(=O)C(=O)O)cc1. The zero-order valence-electron chi connectivity index (χ0n) is 19.8. The third-order valence-electron chi connectivity index (χ3n) is 5.56.